The zero-order valence-electron chi connectivity index (χ0n) is 8.52. The SMILES string of the molecule is COCCONC(=O)CN1CSCC1=O. The lowest BCUT2D eigenvalue weighted by Crippen LogP contribution is -2.38. The first-order valence-electron chi connectivity index (χ1n) is 4.49. The number of ether oxygens (including phenoxy) is 1. The van der Waals surface area contributed by atoms with Gasteiger partial charge in [-0.25, -0.2) is 5.48 Å². The molecule has 7 heteroatoms. The predicted octanol–water partition coefficient (Wildman–Crippen LogP) is -0.786. The fourth-order valence-corrected chi connectivity index (χ4v) is 1.91. The van der Waals surface area contributed by atoms with Crippen LogP contribution in [-0.4, -0.2) is 55.2 Å². The van der Waals surface area contributed by atoms with Gasteiger partial charge in [0.05, 0.1) is 24.8 Å². The highest BCUT2D eigenvalue weighted by Crippen LogP contribution is 2.13. The summed E-state index contributed by atoms with van der Waals surface area (Å²) in [4.78, 5) is 28.7. The van der Waals surface area contributed by atoms with Gasteiger partial charge in [0.1, 0.15) is 6.54 Å². The minimum atomic E-state index is -0.318. The van der Waals surface area contributed by atoms with Crippen LogP contribution in [-0.2, 0) is 19.2 Å². The van der Waals surface area contributed by atoms with Crippen molar-refractivity contribution in [3.8, 4) is 0 Å². The molecule has 1 saturated heterocycles. The summed E-state index contributed by atoms with van der Waals surface area (Å²) in [6.07, 6.45) is 0. The summed E-state index contributed by atoms with van der Waals surface area (Å²) < 4.78 is 4.73. The van der Waals surface area contributed by atoms with Gasteiger partial charge >= 0.3 is 0 Å². The van der Waals surface area contributed by atoms with E-state index in [0.717, 1.165) is 0 Å². The van der Waals surface area contributed by atoms with E-state index in [0.29, 0.717) is 24.8 Å². The fourth-order valence-electron chi connectivity index (χ4n) is 1.00. The molecule has 0 aromatic rings. The lowest BCUT2D eigenvalue weighted by atomic mass is 10.5. The molecule has 0 aromatic heterocycles. The summed E-state index contributed by atoms with van der Waals surface area (Å²) >= 11 is 1.50. The first-order chi connectivity index (χ1) is 7.24. The Hall–Kier alpha value is -0.790. The van der Waals surface area contributed by atoms with Gasteiger partial charge < -0.3 is 9.64 Å². The largest absolute Gasteiger partial charge is 0.382 e. The number of nitrogens with zero attached hydrogens (tertiary/aromatic N) is 1. The molecular formula is C8H14N2O4S. The Morgan fingerprint density at radius 2 is 2.40 bits per heavy atom. The second-order valence-corrected chi connectivity index (χ2v) is 3.89. The zero-order chi connectivity index (χ0) is 11.1. The van der Waals surface area contributed by atoms with Crippen LogP contribution in [0.2, 0.25) is 0 Å². The van der Waals surface area contributed by atoms with E-state index in [1.54, 1.807) is 7.11 Å². The molecule has 0 aromatic carbocycles. The molecule has 1 fully saturated rings. The number of amides is 2. The van der Waals surface area contributed by atoms with Crippen LogP contribution in [0.1, 0.15) is 0 Å². The van der Waals surface area contributed by atoms with Crippen LogP contribution >= 0.6 is 11.8 Å². The van der Waals surface area contributed by atoms with E-state index >= 15 is 0 Å². The lowest BCUT2D eigenvalue weighted by Gasteiger charge is -2.13. The molecule has 2 amide bonds. The standard InChI is InChI=1S/C8H14N2O4S/c1-13-2-3-14-9-7(11)4-10-6-15-5-8(10)12/h2-6H2,1H3,(H,9,11). The van der Waals surface area contributed by atoms with Gasteiger partial charge in [0.25, 0.3) is 5.91 Å². The minimum Gasteiger partial charge on any atom is -0.382 e. The summed E-state index contributed by atoms with van der Waals surface area (Å²) in [5.41, 5.74) is 2.24. The maximum atomic E-state index is 11.2. The third kappa shape index (κ3) is 4.50. The van der Waals surface area contributed by atoms with Gasteiger partial charge in [-0.3, -0.25) is 14.4 Å². The third-order valence-electron chi connectivity index (χ3n) is 1.74. The topological polar surface area (TPSA) is 67.9 Å². The van der Waals surface area contributed by atoms with Gasteiger partial charge in [0.2, 0.25) is 5.91 Å². The average molecular weight is 234 g/mol. The van der Waals surface area contributed by atoms with Crippen LogP contribution < -0.4 is 5.48 Å². The molecule has 0 atom stereocenters. The van der Waals surface area contributed by atoms with Gasteiger partial charge in [0.15, 0.2) is 0 Å². The molecule has 1 rings (SSSR count). The number of nitrogens with one attached hydrogen (secondary N) is 1. The Kier molecular flexibility index (Phi) is 5.44. The number of carbonyl (C=O) groups excluding carboxylic acids is 2. The normalized spacial score (nSPS) is 15.8. The summed E-state index contributed by atoms with van der Waals surface area (Å²) in [7, 11) is 1.55. The van der Waals surface area contributed by atoms with Gasteiger partial charge in [0, 0.05) is 7.11 Å². The van der Waals surface area contributed by atoms with Crippen molar-refractivity contribution in [2.75, 3.05) is 38.5 Å². The van der Waals surface area contributed by atoms with Gasteiger partial charge in [-0.1, -0.05) is 0 Å². The van der Waals surface area contributed by atoms with Gasteiger partial charge in [-0.2, -0.15) is 0 Å². The second-order valence-electron chi connectivity index (χ2n) is 2.94. The van der Waals surface area contributed by atoms with E-state index in [2.05, 4.69) is 5.48 Å². The highest BCUT2D eigenvalue weighted by molar-refractivity contribution is 8.00. The van der Waals surface area contributed by atoms with Crippen molar-refractivity contribution in [3.63, 3.8) is 0 Å². The van der Waals surface area contributed by atoms with E-state index in [4.69, 9.17) is 9.57 Å². The van der Waals surface area contributed by atoms with Crippen LogP contribution in [0, 0.1) is 0 Å². The number of carbonyl (C=O) groups is 2. The quantitative estimate of drug-likeness (QED) is 0.482. The van der Waals surface area contributed by atoms with Gasteiger partial charge in [-0.05, 0) is 0 Å². The summed E-state index contributed by atoms with van der Waals surface area (Å²) in [5, 5.41) is 0. The van der Waals surface area contributed by atoms with E-state index in [1.165, 1.54) is 16.7 Å². The smallest absolute Gasteiger partial charge is 0.263 e. The van der Waals surface area contributed by atoms with Crippen molar-refractivity contribution in [1.82, 2.24) is 10.4 Å². The number of rotatable bonds is 6. The molecule has 1 aliphatic rings. The van der Waals surface area contributed by atoms with E-state index in [1.807, 2.05) is 0 Å². The Labute approximate surface area is 92.2 Å². The third-order valence-corrected chi connectivity index (χ3v) is 2.68. The molecule has 1 aliphatic heterocycles. The number of hydroxylamine groups is 1. The highest BCUT2D eigenvalue weighted by Gasteiger charge is 2.22. The highest BCUT2D eigenvalue weighted by atomic mass is 32.2. The zero-order valence-corrected chi connectivity index (χ0v) is 9.34. The van der Waals surface area contributed by atoms with Crippen molar-refractivity contribution in [2.24, 2.45) is 0 Å². The molecular weight excluding hydrogens is 220 g/mol. The minimum absolute atomic E-state index is 0.00737. The van der Waals surface area contributed by atoms with Crippen LogP contribution in [0.25, 0.3) is 0 Å². The van der Waals surface area contributed by atoms with Crippen molar-refractivity contribution in [1.29, 1.82) is 0 Å². The molecule has 15 heavy (non-hydrogen) atoms. The summed E-state index contributed by atoms with van der Waals surface area (Å²) in [6, 6.07) is 0. The van der Waals surface area contributed by atoms with Crippen molar-refractivity contribution < 1.29 is 19.2 Å². The predicted molar refractivity (Wildman–Crippen MR) is 55.0 cm³/mol. The molecule has 0 radical (unpaired) electrons. The molecule has 0 bridgehead atoms. The van der Waals surface area contributed by atoms with Crippen molar-refractivity contribution >= 4 is 23.6 Å². The average Bonchev–Trinajstić information content (AvgIpc) is 2.59. The number of hydrogen-bond acceptors (Lipinski definition) is 5. The Morgan fingerprint density at radius 1 is 1.60 bits per heavy atom. The number of thioether (sulfide) groups is 1. The Bertz CT molecular complexity index is 237. The first kappa shape index (κ1) is 12.3. The Morgan fingerprint density at radius 3 is 3.00 bits per heavy atom. The van der Waals surface area contributed by atoms with E-state index < -0.39 is 0 Å². The van der Waals surface area contributed by atoms with E-state index in [-0.39, 0.29) is 18.4 Å². The number of methoxy groups -OCH3 is 1. The van der Waals surface area contributed by atoms with Gasteiger partial charge in [-0.15, -0.1) is 11.8 Å². The fraction of sp³-hybridized carbons (Fsp3) is 0.750. The van der Waals surface area contributed by atoms with Crippen LogP contribution in [0.5, 0.6) is 0 Å². The summed E-state index contributed by atoms with van der Waals surface area (Å²) in [5.74, 6) is 0.705. The molecule has 0 unspecified atom stereocenters. The van der Waals surface area contributed by atoms with Crippen molar-refractivity contribution in [3.05, 3.63) is 0 Å². The van der Waals surface area contributed by atoms with Crippen molar-refractivity contribution in [2.45, 2.75) is 0 Å². The maximum Gasteiger partial charge on any atom is 0.263 e. The molecule has 0 spiro atoms. The lowest BCUT2D eigenvalue weighted by molar-refractivity contribution is -0.140. The molecule has 0 aliphatic carbocycles. The molecule has 1 N–H and O–H groups in total. The maximum absolute atomic E-state index is 11.2. The molecule has 86 valence electrons. The number of hydrogen-bond donors (Lipinski definition) is 1. The Balaban J connectivity index is 2.10. The van der Waals surface area contributed by atoms with Crippen LogP contribution in [0.4, 0.5) is 0 Å². The molecule has 0 saturated carbocycles. The molecule has 1 heterocycles. The van der Waals surface area contributed by atoms with Crippen LogP contribution in [0.15, 0.2) is 0 Å². The van der Waals surface area contributed by atoms with E-state index in [9.17, 15) is 9.59 Å². The first-order valence-corrected chi connectivity index (χ1v) is 5.64. The summed E-state index contributed by atoms with van der Waals surface area (Å²) in [6.45, 7) is 0.766. The monoisotopic (exact) mass is 234 g/mol. The molecule has 6 nitrogen and oxygen atoms in total. The van der Waals surface area contributed by atoms with Crippen LogP contribution in [0.3, 0.4) is 0 Å². The second kappa shape index (κ2) is 6.65.